The number of hydrogen-bond donors (Lipinski definition) is 1. The predicted molar refractivity (Wildman–Crippen MR) is 90.3 cm³/mol. The highest BCUT2D eigenvalue weighted by Gasteiger charge is 2.21. The first-order valence-corrected chi connectivity index (χ1v) is 8.27. The van der Waals surface area contributed by atoms with E-state index in [1.54, 1.807) is 0 Å². The summed E-state index contributed by atoms with van der Waals surface area (Å²) in [6, 6.07) is 14.8. The van der Waals surface area contributed by atoms with E-state index in [2.05, 4.69) is 30.0 Å². The summed E-state index contributed by atoms with van der Waals surface area (Å²) in [5.41, 5.74) is 0. The van der Waals surface area contributed by atoms with Crippen LogP contribution in [-0.4, -0.2) is 41.8 Å². The second-order valence-corrected chi connectivity index (χ2v) is 6.28. The largest absolute Gasteiger partial charge is 0.490 e. The minimum Gasteiger partial charge on any atom is -0.490 e. The first-order valence-electron chi connectivity index (χ1n) is 8.27. The topological polar surface area (TPSA) is 32.7 Å². The van der Waals surface area contributed by atoms with Gasteiger partial charge in [-0.15, -0.1) is 0 Å². The average molecular weight is 299 g/mol. The Morgan fingerprint density at radius 3 is 2.86 bits per heavy atom. The number of piperidine rings is 1. The standard InChI is InChI=1S/C19H25NO2/c1-15-7-4-5-12-20(15)13-17(21)14-22-19-11-6-9-16-8-2-3-10-18(16)19/h2-3,6,8-11,15,17,21H,4-5,7,12-14H2,1H3/t15-,17+/m0/s1. The molecule has 0 aliphatic carbocycles. The van der Waals surface area contributed by atoms with Gasteiger partial charge < -0.3 is 9.84 Å². The molecule has 22 heavy (non-hydrogen) atoms. The first kappa shape index (κ1) is 15.3. The van der Waals surface area contributed by atoms with Gasteiger partial charge in [-0.05, 0) is 37.8 Å². The number of fused-ring (bicyclic) bond motifs is 1. The van der Waals surface area contributed by atoms with Gasteiger partial charge in [0.2, 0.25) is 0 Å². The van der Waals surface area contributed by atoms with Crippen LogP contribution in [-0.2, 0) is 0 Å². The molecule has 3 heteroatoms. The smallest absolute Gasteiger partial charge is 0.127 e. The van der Waals surface area contributed by atoms with E-state index < -0.39 is 6.10 Å². The molecular formula is C19H25NO2. The summed E-state index contributed by atoms with van der Waals surface area (Å²) in [6.07, 6.45) is 3.33. The molecule has 1 saturated heterocycles. The van der Waals surface area contributed by atoms with Crippen molar-refractivity contribution in [1.82, 2.24) is 4.90 Å². The van der Waals surface area contributed by atoms with Gasteiger partial charge in [-0.3, -0.25) is 4.90 Å². The molecule has 0 radical (unpaired) electrons. The summed E-state index contributed by atoms with van der Waals surface area (Å²) < 4.78 is 5.88. The molecule has 0 aromatic heterocycles. The summed E-state index contributed by atoms with van der Waals surface area (Å²) in [6.45, 7) is 4.38. The van der Waals surface area contributed by atoms with E-state index in [0.717, 1.165) is 17.7 Å². The van der Waals surface area contributed by atoms with Gasteiger partial charge in [0.25, 0.3) is 0 Å². The molecule has 1 fully saturated rings. The summed E-state index contributed by atoms with van der Waals surface area (Å²) >= 11 is 0. The van der Waals surface area contributed by atoms with Crippen molar-refractivity contribution in [1.29, 1.82) is 0 Å². The molecule has 3 rings (SSSR count). The highest BCUT2D eigenvalue weighted by Crippen LogP contribution is 2.25. The number of aliphatic hydroxyl groups excluding tert-OH is 1. The number of aliphatic hydroxyl groups is 1. The van der Waals surface area contributed by atoms with E-state index >= 15 is 0 Å². The summed E-state index contributed by atoms with van der Waals surface area (Å²) in [4.78, 5) is 2.38. The van der Waals surface area contributed by atoms with Gasteiger partial charge >= 0.3 is 0 Å². The molecule has 1 aliphatic heterocycles. The number of benzene rings is 2. The Kier molecular flexibility index (Phi) is 4.96. The van der Waals surface area contributed by atoms with Crippen molar-refractivity contribution in [3.63, 3.8) is 0 Å². The Morgan fingerprint density at radius 2 is 2.00 bits per heavy atom. The molecule has 1 N–H and O–H groups in total. The van der Waals surface area contributed by atoms with E-state index in [1.165, 1.54) is 24.6 Å². The van der Waals surface area contributed by atoms with Crippen LogP contribution in [0.1, 0.15) is 26.2 Å². The lowest BCUT2D eigenvalue weighted by Crippen LogP contribution is -2.43. The fourth-order valence-electron chi connectivity index (χ4n) is 3.26. The van der Waals surface area contributed by atoms with Gasteiger partial charge in [0, 0.05) is 18.0 Å². The SMILES string of the molecule is C[C@H]1CCCCN1C[C@@H](O)COc1cccc2ccccc12. The third-order valence-corrected chi connectivity index (χ3v) is 4.57. The van der Waals surface area contributed by atoms with Crippen molar-refractivity contribution in [2.75, 3.05) is 19.7 Å². The predicted octanol–water partition coefficient (Wildman–Crippen LogP) is 3.45. The summed E-state index contributed by atoms with van der Waals surface area (Å²) in [7, 11) is 0. The minimum absolute atomic E-state index is 0.344. The van der Waals surface area contributed by atoms with Crippen LogP contribution in [0.3, 0.4) is 0 Å². The monoisotopic (exact) mass is 299 g/mol. The fraction of sp³-hybridized carbons (Fsp3) is 0.474. The molecule has 1 aliphatic rings. The Hall–Kier alpha value is -1.58. The molecule has 0 bridgehead atoms. The maximum atomic E-state index is 10.3. The minimum atomic E-state index is -0.445. The molecule has 118 valence electrons. The molecule has 2 aromatic carbocycles. The quantitative estimate of drug-likeness (QED) is 0.918. The molecule has 0 saturated carbocycles. The molecule has 1 heterocycles. The first-order chi connectivity index (χ1) is 10.7. The zero-order valence-electron chi connectivity index (χ0n) is 13.2. The average Bonchev–Trinajstić information content (AvgIpc) is 2.55. The van der Waals surface area contributed by atoms with E-state index in [0.29, 0.717) is 19.2 Å². The third kappa shape index (κ3) is 3.60. The highest BCUT2D eigenvalue weighted by atomic mass is 16.5. The van der Waals surface area contributed by atoms with Crippen molar-refractivity contribution in [3.8, 4) is 5.75 Å². The third-order valence-electron chi connectivity index (χ3n) is 4.57. The van der Waals surface area contributed by atoms with E-state index in [9.17, 15) is 5.11 Å². The molecule has 0 spiro atoms. The number of likely N-dealkylation sites (tertiary alicyclic amines) is 1. The Balaban J connectivity index is 1.59. The van der Waals surface area contributed by atoms with Crippen LogP contribution >= 0.6 is 0 Å². The van der Waals surface area contributed by atoms with Crippen LogP contribution in [0.15, 0.2) is 42.5 Å². The van der Waals surface area contributed by atoms with Gasteiger partial charge in [0.1, 0.15) is 18.5 Å². The number of hydrogen-bond acceptors (Lipinski definition) is 3. The Bertz CT molecular complexity index is 608. The van der Waals surface area contributed by atoms with Gasteiger partial charge in [-0.2, -0.15) is 0 Å². The van der Waals surface area contributed by atoms with Crippen LogP contribution in [0, 0.1) is 0 Å². The molecule has 0 amide bonds. The molecular weight excluding hydrogens is 274 g/mol. The maximum absolute atomic E-state index is 10.3. The van der Waals surface area contributed by atoms with E-state index in [-0.39, 0.29) is 0 Å². The summed E-state index contributed by atoms with van der Waals surface area (Å²) in [5, 5.41) is 12.6. The lowest BCUT2D eigenvalue weighted by atomic mass is 10.0. The molecule has 2 atom stereocenters. The van der Waals surface area contributed by atoms with Crippen LogP contribution < -0.4 is 4.74 Å². The van der Waals surface area contributed by atoms with Crippen molar-refractivity contribution < 1.29 is 9.84 Å². The number of β-amino-alcohol motifs (C(OH)–C–C–N with tert-alkyl or cyclic N) is 1. The van der Waals surface area contributed by atoms with Gasteiger partial charge in [-0.1, -0.05) is 42.8 Å². The van der Waals surface area contributed by atoms with Crippen LogP contribution in [0.4, 0.5) is 0 Å². The number of nitrogens with zero attached hydrogens (tertiary/aromatic N) is 1. The lowest BCUT2D eigenvalue weighted by molar-refractivity contribution is 0.0441. The lowest BCUT2D eigenvalue weighted by Gasteiger charge is -2.34. The van der Waals surface area contributed by atoms with Gasteiger partial charge in [-0.25, -0.2) is 0 Å². The van der Waals surface area contributed by atoms with Crippen molar-refractivity contribution in [3.05, 3.63) is 42.5 Å². The zero-order valence-corrected chi connectivity index (χ0v) is 13.2. The molecule has 2 aromatic rings. The highest BCUT2D eigenvalue weighted by molar-refractivity contribution is 5.88. The Labute approximate surface area is 132 Å². The molecule has 0 unspecified atom stereocenters. The van der Waals surface area contributed by atoms with Gasteiger partial charge in [0.05, 0.1) is 0 Å². The van der Waals surface area contributed by atoms with Crippen molar-refractivity contribution in [2.24, 2.45) is 0 Å². The summed E-state index contributed by atoms with van der Waals surface area (Å²) in [5.74, 6) is 0.851. The van der Waals surface area contributed by atoms with Gasteiger partial charge in [0.15, 0.2) is 0 Å². The van der Waals surface area contributed by atoms with Crippen molar-refractivity contribution >= 4 is 10.8 Å². The number of rotatable bonds is 5. The van der Waals surface area contributed by atoms with Crippen LogP contribution in [0.5, 0.6) is 5.75 Å². The van der Waals surface area contributed by atoms with Crippen molar-refractivity contribution in [2.45, 2.75) is 38.3 Å². The fourth-order valence-corrected chi connectivity index (χ4v) is 3.26. The second kappa shape index (κ2) is 7.12. The zero-order chi connectivity index (χ0) is 15.4. The molecule has 3 nitrogen and oxygen atoms in total. The second-order valence-electron chi connectivity index (χ2n) is 6.28. The van der Waals surface area contributed by atoms with E-state index in [4.69, 9.17) is 4.74 Å². The normalized spacial score (nSPS) is 20.9. The van der Waals surface area contributed by atoms with E-state index in [1.807, 2.05) is 24.3 Å². The maximum Gasteiger partial charge on any atom is 0.127 e. The van der Waals surface area contributed by atoms with Crippen LogP contribution in [0.2, 0.25) is 0 Å². The van der Waals surface area contributed by atoms with Crippen LogP contribution in [0.25, 0.3) is 10.8 Å². The number of ether oxygens (including phenoxy) is 1. The Morgan fingerprint density at radius 1 is 1.18 bits per heavy atom.